The molecule has 0 aliphatic heterocycles. The molecular formula is C21H32O6Si. The molecule has 7 heteroatoms. The monoisotopic (exact) mass is 408 g/mol. The Kier molecular flexibility index (Phi) is 8.29. The molecular weight excluding hydrogens is 376 g/mol. The van der Waals surface area contributed by atoms with E-state index in [1.807, 2.05) is 0 Å². The number of benzene rings is 1. The number of rotatable bonds is 9. The van der Waals surface area contributed by atoms with Gasteiger partial charge in [0.1, 0.15) is 6.42 Å². The zero-order valence-corrected chi connectivity index (χ0v) is 19.2. The molecule has 0 saturated heterocycles. The van der Waals surface area contributed by atoms with E-state index in [0.29, 0.717) is 22.8 Å². The maximum absolute atomic E-state index is 11.9. The zero-order valence-electron chi connectivity index (χ0n) is 18.2. The van der Waals surface area contributed by atoms with Gasteiger partial charge in [0, 0.05) is 0 Å². The van der Waals surface area contributed by atoms with Crippen molar-refractivity contribution in [2.75, 3.05) is 20.8 Å². The zero-order chi connectivity index (χ0) is 21.5. The number of carbonyl (C=O) groups excluding carboxylic acids is 2. The lowest BCUT2D eigenvalue weighted by molar-refractivity contribution is -0.144. The third-order valence-corrected chi connectivity index (χ3v) is 9.06. The van der Waals surface area contributed by atoms with Crippen LogP contribution in [0.1, 0.15) is 39.7 Å². The lowest BCUT2D eigenvalue weighted by Gasteiger charge is -2.37. The lowest BCUT2D eigenvalue weighted by Crippen LogP contribution is -2.44. The van der Waals surface area contributed by atoms with Gasteiger partial charge in [-0.1, -0.05) is 26.8 Å². The van der Waals surface area contributed by atoms with Crippen LogP contribution in [-0.2, 0) is 14.3 Å². The van der Waals surface area contributed by atoms with Crippen LogP contribution in [0, 0.1) is 0 Å². The number of ether oxygens (including phenoxy) is 3. The fourth-order valence-corrected chi connectivity index (χ4v) is 3.13. The number of methoxy groups -OCH3 is 2. The summed E-state index contributed by atoms with van der Waals surface area (Å²) in [6.45, 7) is 12.7. The summed E-state index contributed by atoms with van der Waals surface area (Å²) in [5, 5.41) is 0.0150. The number of allylic oxidation sites excluding steroid dienone is 1. The fraction of sp³-hybridized carbons (Fsp3) is 0.524. The van der Waals surface area contributed by atoms with Crippen molar-refractivity contribution < 1.29 is 28.2 Å². The van der Waals surface area contributed by atoms with Crippen LogP contribution < -0.4 is 13.9 Å². The highest BCUT2D eigenvalue weighted by Gasteiger charge is 2.40. The Hall–Kier alpha value is -2.28. The average Bonchev–Trinajstić information content (AvgIpc) is 2.59. The summed E-state index contributed by atoms with van der Waals surface area (Å²) in [6, 6.07) is 3.55. The van der Waals surface area contributed by atoms with E-state index in [0.717, 1.165) is 0 Å². The quantitative estimate of drug-likeness (QED) is 0.257. The van der Waals surface area contributed by atoms with Crippen LogP contribution in [0.25, 0.3) is 6.08 Å². The summed E-state index contributed by atoms with van der Waals surface area (Å²) in [4.78, 5) is 23.3. The Bertz CT molecular complexity index is 706. The van der Waals surface area contributed by atoms with Crippen molar-refractivity contribution in [1.29, 1.82) is 0 Å². The summed E-state index contributed by atoms with van der Waals surface area (Å²) in [5.41, 5.74) is 0.702. The molecule has 0 amide bonds. The van der Waals surface area contributed by atoms with E-state index >= 15 is 0 Å². The van der Waals surface area contributed by atoms with E-state index in [1.165, 1.54) is 6.08 Å². The minimum absolute atomic E-state index is 0.0150. The Morgan fingerprint density at radius 2 is 1.61 bits per heavy atom. The molecule has 1 aromatic rings. The van der Waals surface area contributed by atoms with Crippen molar-refractivity contribution >= 4 is 26.1 Å². The Morgan fingerprint density at radius 1 is 1.07 bits per heavy atom. The molecule has 1 aromatic carbocycles. The summed E-state index contributed by atoms with van der Waals surface area (Å²) in [5.74, 6) is 0.748. The minimum Gasteiger partial charge on any atom is -0.539 e. The summed E-state index contributed by atoms with van der Waals surface area (Å²) in [7, 11) is 1.02. The van der Waals surface area contributed by atoms with Gasteiger partial charge in [-0.3, -0.25) is 9.59 Å². The van der Waals surface area contributed by atoms with Gasteiger partial charge in [-0.15, -0.1) is 0 Å². The van der Waals surface area contributed by atoms with Crippen molar-refractivity contribution in [2.45, 2.75) is 52.2 Å². The van der Waals surface area contributed by atoms with Gasteiger partial charge in [0.15, 0.2) is 23.0 Å². The summed E-state index contributed by atoms with van der Waals surface area (Å²) in [6.07, 6.45) is 2.67. The first kappa shape index (κ1) is 23.8. The number of carbonyl (C=O) groups is 2. The van der Waals surface area contributed by atoms with Gasteiger partial charge in [0.25, 0.3) is 8.32 Å². The van der Waals surface area contributed by atoms with Crippen molar-refractivity contribution in [3.05, 3.63) is 23.8 Å². The molecule has 0 fully saturated rings. The molecule has 6 nitrogen and oxygen atoms in total. The van der Waals surface area contributed by atoms with Gasteiger partial charge in [0.05, 0.1) is 20.8 Å². The SMILES string of the molecule is CCOC(=O)CC(=O)/C=C/c1cc(OC)c(O[Si](C)(C)C(C)(C)C)c(OC)c1. The highest BCUT2D eigenvalue weighted by Crippen LogP contribution is 2.45. The first-order chi connectivity index (χ1) is 12.9. The lowest BCUT2D eigenvalue weighted by atomic mass is 10.1. The Labute approximate surface area is 168 Å². The van der Waals surface area contributed by atoms with E-state index in [1.54, 1.807) is 39.4 Å². The highest BCUT2D eigenvalue weighted by molar-refractivity contribution is 6.74. The fourth-order valence-electron chi connectivity index (χ4n) is 2.11. The third kappa shape index (κ3) is 6.40. The Balaban J connectivity index is 3.15. The summed E-state index contributed by atoms with van der Waals surface area (Å²) >= 11 is 0. The average molecular weight is 409 g/mol. The van der Waals surface area contributed by atoms with Crippen molar-refractivity contribution in [2.24, 2.45) is 0 Å². The van der Waals surface area contributed by atoms with Gasteiger partial charge in [0.2, 0.25) is 0 Å². The van der Waals surface area contributed by atoms with Crippen LogP contribution in [0.4, 0.5) is 0 Å². The minimum atomic E-state index is -2.10. The molecule has 0 aromatic heterocycles. The van der Waals surface area contributed by atoms with Crippen LogP contribution in [0.3, 0.4) is 0 Å². The predicted octanol–water partition coefficient (Wildman–Crippen LogP) is 4.62. The predicted molar refractivity (Wildman–Crippen MR) is 113 cm³/mol. The highest BCUT2D eigenvalue weighted by atomic mass is 28.4. The molecule has 0 aliphatic rings. The summed E-state index contributed by atoms with van der Waals surface area (Å²) < 4.78 is 22.2. The van der Waals surface area contributed by atoms with E-state index in [4.69, 9.17) is 18.6 Å². The van der Waals surface area contributed by atoms with Gasteiger partial charge in [-0.25, -0.2) is 0 Å². The molecule has 1 rings (SSSR count). The standard InChI is InChI=1S/C21H32O6Si/c1-9-26-19(23)14-16(22)11-10-15-12-17(24-5)20(18(13-15)25-6)27-28(7,8)21(2,3)4/h10-13H,9,14H2,1-8H3/b11-10+. The third-order valence-electron chi connectivity index (χ3n) is 4.73. The molecule has 0 N–H and O–H groups in total. The number of esters is 1. The van der Waals surface area contributed by atoms with Crippen molar-refractivity contribution in [3.8, 4) is 17.2 Å². The number of hydrogen-bond acceptors (Lipinski definition) is 6. The van der Waals surface area contributed by atoms with Crippen LogP contribution in [0.5, 0.6) is 17.2 Å². The second kappa shape index (κ2) is 9.77. The molecule has 28 heavy (non-hydrogen) atoms. The molecule has 0 spiro atoms. The van der Waals surface area contributed by atoms with Crippen LogP contribution in [-0.4, -0.2) is 40.9 Å². The second-order valence-corrected chi connectivity index (χ2v) is 12.6. The molecule has 156 valence electrons. The van der Waals surface area contributed by atoms with Gasteiger partial charge >= 0.3 is 5.97 Å². The van der Waals surface area contributed by atoms with Crippen LogP contribution >= 0.6 is 0 Å². The van der Waals surface area contributed by atoms with Crippen LogP contribution in [0.15, 0.2) is 18.2 Å². The Morgan fingerprint density at radius 3 is 2.04 bits per heavy atom. The molecule has 0 atom stereocenters. The number of hydrogen-bond donors (Lipinski definition) is 0. The first-order valence-corrected chi connectivity index (χ1v) is 12.2. The van der Waals surface area contributed by atoms with Gasteiger partial charge in [-0.05, 0) is 48.8 Å². The maximum Gasteiger partial charge on any atom is 0.313 e. The van der Waals surface area contributed by atoms with E-state index in [2.05, 4.69) is 33.9 Å². The molecule has 0 aliphatic carbocycles. The van der Waals surface area contributed by atoms with Crippen LogP contribution in [0.2, 0.25) is 18.1 Å². The molecule has 0 saturated carbocycles. The maximum atomic E-state index is 11.9. The largest absolute Gasteiger partial charge is 0.539 e. The number of ketones is 1. The van der Waals surface area contributed by atoms with E-state index in [9.17, 15) is 9.59 Å². The van der Waals surface area contributed by atoms with Gasteiger partial charge < -0.3 is 18.6 Å². The van der Waals surface area contributed by atoms with Crippen molar-refractivity contribution in [1.82, 2.24) is 0 Å². The normalized spacial score (nSPS) is 12.0. The van der Waals surface area contributed by atoms with E-state index < -0.39 is 14.3 Å². The van der Waals surface area contributed by atoms with Gasteiger partial charge in [-0.2, -0.15) is 0 Å². The molecule has 0 heterocycles. The topological polar surface area (TPSA) is 71.1 Å². The van der Waals surface area contributed by atoms with Crippen molar-refractivity contribution in [3.63, 3.8) is 0 Å². The first-order valence-electron chi connectivity index (χ1n) is 9.26. The smallest absolute Gasteiger partial charge is 0.313 e. The van der Waals surface area contributed by atoms with E-state index in [-0.39, 0.29) is 23.8 Å². The molecule has 0 bridgehead atoms. The molecule has 0 radical (unpaired) electrons. The molecule has 0 unspecified atom stereocenters. The second-order valence-electron chi connectivity index (χ2n) is 7.90.